The van der Waals surface area contributed by atoms with Gasteiger partial charge >= 0.3 is 0 Å². The van der Waals surface area contributed by atoms with Crippen LogP contribution in [0.25, 0.3) is 10.2 Å². The highest BCUT2D eigenvalue weighted by Crippen LogP contribution is 2.40. The summed E-state index contributed by atoms with van der Waals surface area (Å²) in [6, 6.07) is 1.70. The van der Waals surface area contributed by atoms with Crippen LogP contribution in [0, 0.1) is 6.92 Å². The Morgan fingerprint density at radius 2 is 2.08 bits per heavy atom. The molecule has 0 saturated heterocycles. The molecule has 3 rings (SSSR count). The molecule has 3 aromatic rings. The van der Waals surface area contributed by atoms with Crippen LogP contribution >= 0.6 is 34.5 Å². The molecule has 0 unspecified atom stereocenters. The molecule has 0 saturated carbocycles. The van der Waals surface area contributed by atoms with Gasteiger partial charge in [0, 0.05) is 5.38 Å². The third-order valence-corrected chi connectivity index (χ3v) is 5.29. The Kier molecular flexibility index (Phi) is 4.49. The number of amides is 1. The van der Waals surface area contributed by atoms with Crippen LogP contribution in [0.4, 0.5) is 11.5 Å². The lowest BCUT2D eigenvalue weighted by Crippen LogP contribution is -2.13. The van der Waals surface area contributed by atoms with E-state index in [-0.39, 0.29) is 5.02 Å². The number of nitrogens with two attached hydrogens (primary N) is 1. The second-order valence-electron chi connectivity index (χ2n) is 4.94. The lowest BCUT2D eigenvalue weighted by molar-refractivity contribution is 0.102. The van der Waals surface area contributed by atoms with Gasteiger partial charge in [-0.1, -0.05) is 23.2 Å². The molecule has 2 aromatic heterocycles. The van der Waals surface area contributed by atoms with Gasteiger partial charge in [-0.15, -0.1) is 11.3 Å². The molecular formula is C15H12Cl2N4O2S. The summed E-state index contributed by atoms with van der Waals surface area (Å²) in [6.45, 7) is 1.80. The number of aryl methyl sites for hydroxylation is 1. The van der Waals surface area contributed by atoms with Crippen molar-refractivity contribution in [1.82, 2.24) is 9.97 Å². The van der Waals surface area contributed by atoms with Gasteiger partial charge in [-0.3, -0.25) is 4.79 Å². The zero-order valence-electron chi connectivity index (χ0n) is 12.7. The number of hydrogen-bond donors (Lipinski definition) is 2. The number of carbonyl (C=O) groups is 1. The number of hydrogen-bond acceptors (Lipinski definition) is 6. The van der Waals surface area contributed by atoms with Crippen LogP contribution in [0.15, 0.2) is 17.8 Å². The predicted molar refractivity (Wildman–Crippen MR) is 97.5 cm³/mol. The molecule has 1 aromatic carbocycles. The number of methoxy groups -OCH3 is 1. The van der Waals surface area contributed by atoms with Crippen molar-refractivity contribution in [3.63, 3.8) is 0 Å². The molecule has 0 aliphatic heterocycles. The van der Waals surface area contributed by atoms with Crippen molar-refractivity contribution in [1.29, 1.82) is 0 Å². The number of thiophene rings is 1. The maximum atomic E-state index is 12.7. The summed E-state index contributed by atoms with van der Waals surface area (Å²) in [5.74, 6) is 0.365. The Morgan fingerprint density at radius 3 is 2.79 bits per heavy atom. The van der Waals surface area contributed by atoms with E-state index in [4.69, 9.17) is 33.7 Å². The monoisotopic (exact) mass is 382 g/mol. The average Bonchev–Trinajstić information content (AvgIpc) is 3.00. The van der Waals surface area contributed by atoms with E-state index < -0.39 is 5.91 Å². The first-order valence-corrected chi connectivity index (χ1v) is 8.39. The molecule has 2 heterocycles. The lowest BCUT2D eigenvalue weighted by atomic mass is 10.2. The SMILES string of the molecule is COc1cc(C)c(Cl)c(NC(=O)c2csc3c(N)ncnc23)c1Cl. The Bertz CT molecular complexity index is 958. The Labute approximate surface area is 151 Å². The van der Waals surface area contributed by atoms with E-state index in [1.54, 1.807) is 18.4 Å². The highest BCUT2D eigenvalue weighted by molar-refractivity contribution is 7.18. The van der Waals surface area contributed by atoms with Crippen molar-refractivity contribution >= 4 is 62.2 Å². The van der Waals surface area contributed by atoms with E-state index in [9.17, 15) is 4.79 Å². The number of carbonyl (C=O) groups excluding carboxylic acids is 1. The summed E-state index contributed by atoms with van der Waals surface area (Å²) in [5.41, 5.74) is 7.68. The van der Waals surface area contributed by atoms with Crippen molar-refractivity contribution in [3.05, 3.63) is 38.9 Å². The fraction of sp³-hybridized carbons (Fsp3) is 0.133. The number of rotatable bonds is 3. The van der Waals surface area contributed by atoms with Gasteiger partial charge in [0.05, 0.1) is 33.6 Å². The van der Waals surface area contributed by atoms with Crippen molar-refractivity contribution in [2.45, 2.75) is 6.92 Å². The molecule has 1 amide bonds. The fourth-order valence-electron chi connectivity index (χ4n) is 2.21. The van der Waals surface area contributed by atoms with Gasteiger partial charge in [0.25, 0.3) is 5.91 Å². The smallest absolute Gasteiger partial charge is 0.258 e. The maximum Gasteiger partial charge on any atom is 0.258 e. The predicted octanol–water partition coefficient (Wildman–Crippen LogP) is 4.15. The largest absolute Gasteiger partial charge is 0.495 e. The van der Waals surface area contributed by atoms with Crippen molar-refractivity contribution in [2.75, 3.05) is 18.2 Å². The number of fused-ring (bicyclic) bond motifs is 1. The third kappa shape index (κ3) is 2.75. The summed E-state index contributed by atoms with van der Waals surface area (Å²) in [7, 11) is 1.49. The summed E-state index contributed by atoms with van der Waals surface area (Å²) in [4.78, 5) is 20.7. The summed E-state index contributed by atoms with van der Waals surface area (Å²) < 4.78 is 5.86. The number of ether oxygens (including phenoxy) is 1. The minimum atomic E-state index is -0.393. The standard InChI is InChI=1S/C15H12Cl2N4O2S/c1-6-3-8(23-2)10(17)12(9(6)16)21-15(22)7-4-24-13-11(7)19-5-20-14(13)18/h3-5H,1-2H3,(H,21,22)(H2,18,19,20). The third-order valence-electron chi connectivity index (χ3n) is 3.43. The molecule has 0 atom stereocenters. The van der Waals surface area contributed by atoms with Crippen LogP contribution < -0.4 is 15.8 Å². The first-order chi connectivity index (χ1) is 11.4. The van der Waals surface area contributed by atoms with Gasteiger partial charge < -0.3 is 15.8 Å². The van der Waals surface area contributed by atoms with Gasteiger partial charge in [0.1, 0.15) is 22.9 Å². The molecule has 24 heavy (non-hydrogen) atoms. The summed E-state index contributed by atoms with van der Waals surface area (Å²) in [5, 5.41) is 4.98. The molecule has 0 bridgehead atoms. The van der Waals surface area contributed by atoms with Crippen LogP contribution in [-0.4, -0.2) is 23.0 Å². The first-order valence-electron chi connectivity index (χ1n) is 6.75. The van der Waals surface area contributed by atoms with E-state index in [0.29, 0.717) is 38.1 Å². The van der Waals surface area contributed by atoms with Gasteiger partial charge in [-0.25, -0.2) is 9.97 Å². The molecule has 0 radical (unpaired) electrons. The average molecular weight is 383 g/mol. The van der Waals surface area contributed by atoms with E-state index >= 15 is 0 Å². The Hall–Kier alpha value is -2.09. The first kappa shape index (κ1) is 16.8. The van der Waals surface area contributed by atoms with Crippen LogP contribution in [0.2, 0.25) is 10.0 Å². The molecule has 6 nitrogen and oxygen atoms in total. The van der Waals surface area contributed by atoms with Crippen molar-refractivity contribution in [2.24, 2.45) is 0 Å². The molecule has 9 heteroatoms. The maximum absolute atomic E-state index is 12.7. The summed E-state index contributed by atoms with van der Waals surface area (Å²) >= 11 is 13.8. The molecule has 124 valence electrons. The van der Waals surface area contributed by atoms with Crippen LogP contribution in [0.3, 0.4) is 0 Å². The Morgan fingerprint density at radius 1 is 1.33 bits per heavy atom. The number of nitrogens with one attached hydrogen (secondary N) is 1. The fourth-order valence-corrected chi connectivity index (χ4v) is 3.63. The number of halogens is 2. The zero-order valence-corrected chi connectivity index (χ0v) is 15.0. The molecular weight excluding hydrogens is 371 g/mol. The second-order valence-corrected chi connectivity index (χ2v) is 6.57. The number of nitrogens with zero attached hydrogens (tertiary/aromatic N) is 2. The lowest BCUT2D eigenvalue weighted by Gasteiger charge is -2.14. The summed E-state index contributed by atoms with van der Waals surface area (Å²) in [6.07, 6.45) is 1.32. The van der Waals surface area contributed by atoms with E-state index in [2.05, 4.69) is 15.3 Å². The van der Waals surface area contributed by atoms with Gasteiger partial charge in [-0.2, -0.15) is 0 Å². The van der Waals surface area contributed by atoms with E-state index in [0.717, 1.165) is 5.56 Å². The minimum Gasteiger partial charge on any atom is -0.495 e. The van der Waals surface area contributed by atoms with Gasteiger partial charge in [0.2, 0.25) is 0 Å². The normalized spacial score (nSPS) is 10.8. The molecule has 3 N–H and O–H groups in total. The number of anilines is 2. The van der Waals surface area contributed by atoms with Gasteiger partial charge in [0.15, 0.2) is 0 Å². The Balaban J connectivity index is 2.04. The molecule has 0 aliphatic rings. The van der Waals surface area contributed by atoms with E-state index in [1.165, 1.54) is 24.8 Å². The molecule has 0 aliphatic carbocycles. The highest BCUT2D eigenvalue weighted by atomic mass is 35.5. The van der Waals surface area contributed by atoms with Crippen molar-refractivity contribution in [3.8, 4) is 5.75 Å². The number of aromatic nitrogens is 2. The molecule has 0 spiro atoms. The topological polar surface area (TPSA) is 90.1 Å². The van der Waals surface area contributed by atoms with Crippen LogP contribution in [0.5, 0.6) is 5.75 Å². The quantitative estimate of drug-likeness (QED) is 0.709. The van der Waals surface area contributed by atoms with Crippen LogP contribution in [-0.2, 0) is 0 Å². The van der Waals surface area contributed by atoms with Gasteiger partial charge in [-0.05, 0) is 18.6 Å². The van der Waals surface area contributed by atoms with Crippen molar-refractivity contribution < 1.29 is 9.53 Å². The minimum absolute atomic E-state index is 0.232. The zero-order chi connectivity index (χ0) is 17.4. The number of nitrogen functional groups attached to an aromatic ring is 1. The van der Waals surface area contributed by atoms with Crippen LogP contribution in [0.1, 0.15) is 15.9 Å². The molecule has 0 fully saturated rings. The van der Waals surface area contributed by atoms with E-state index in [1.807, 2.05) is 0 Å². The number of benzene rings is 1. The highest BCUT2D eigenvalue weighted by Gasteiger charge is 2.20. The second kappa shape index (κ2) is 6.43.